The van der Waals surface area contributed by atoms with E-state index in [0.717, 1.165) is 19.4 Å². The third-order valence-electron chi connectivity index (χ3n) is 3.42. The third kappa shape index (κ3) is 2.24. The van der Waals surface area contributed by atoms with Crippen molar-refractivity contribution in [2.75, 3.05) is 18.4 Å². The lowest BCUT2D eigenvalue weighted by Crippen LogP contribution is -2.37. The Hall–Kier alpha value is -1.62. The smallest absolute Gasteiger partial charge is 0.233 e. The van der Waals surface area contributed by atoms with Gasteiger partial charge in [0.1, 0.15) is 0 Å². The molecule has 0 spiro atoms. The van der Waals surface area contributed by atoms with Crippen LogP contribution in [0.4, 0.5) is 5.82 Å². The van der Waals surface area contributed by atoms with Crippen LogP contribution in [-0.4, -0.2) is 29.1 Å². The molecule has 0 aliphatic carbocycles. The van der Waals surface area contributed by atoms with Crippen LogP contribution in [0.25, 0.3) is 0 Å². The van der Waals surface area contributed by atoms with E-state index in [0.29, 0.717) is 6.54 Å². The number of carbonyl (C=O) groups excluding carboxylic acids is 1. The van der Waals surface area contributed by atoms with Gasteiger partial charge in [-0.15, -0.1) is 0 Å². The molecule has 1 aromatic rings. The SMILES string of the molecule is CCC1(C(=O)Nc2ncccc2O)CCNC1. The van der Waals surface area contributed by atoms with Gasteiger partial charge in [-0.3, -0.25) is 4.79 Å². The topological polar surface area (TPSA) is 74.2 Å². The Morgan fingerprint density at radius 2 is 2.53 bits per heavy atom. The number of pyridine rings is 1. The Morgan fingerprint density at radius 1 is 1.71 bits per heavy atom. The van der Waals surface area contributed by atoms with Gasteiger partial charge in [0, 0.05) is 12.7 Å². The molecule has 5 heteroatoms. The Kier molecular flexibility index (Phi) is 3.28. The van der Waals surface area contributed by atoms with Crippen LogP contribution in [0.15, 0.2) is 18.3 Å². The van der Waals surface area contributed by atoms with Crippen molar-refractivity contribution in [1.82, 2.24) is 10.3 Å². The van der Waals surface area contributed by atoms with Crippen LogP contribution >= 0.6 is 0 Å². The predicted molar refractivity (Wildman–Crippen MR) is 64.7 cm³/mol. The number of amides is 1. The van der Waals surface area contributed by atoms with E-state index >= 15 is 0 Å². The Balaban J connectivity index is 2.14. The normalized spacial score (nSPS) is 23.6. The number of aromatic nitrogens is 1. The minimum Gasteiger partial charge on any atom is -0.504 e. The van der Waals surface area contributed by atoms with Crippen LogP contribution in [-0.2, 0) is 4.79 Å². The first-order valence-electron chi connectivity index (χ1n) is 5.84. The molecule has 0 aromatic carbocycles. The molecule has 92 valence electrons. The fourth-order valence-electron chi connectivity index (χ4n) is 2.13. The summed E-state index contributed by atoms with van der Waals surface area (Å²) < 4.78 is 0. The fraction of sp³-hybridized carbons (Fsp3) is 0.500. The van der Waals surface area contributed by atoms with Crippen LogP contribution in [0.2, 0.25) is 0 Å². The maximum Gasteiger partial charge on any atom is 0.233 e. The highest BCUT2D eigenvalue weighted by Crippen LogP contribution is 2.31. The van der Waals surface area contributed by atoms with Gasteiger partial charge in [0.15, 0.2) is 11.6 Å². The second-order valence-electron chi connectivity index (χ2n) is 4.39. The van der Waals surface area contributed by atoms with Gasteiger partial charge in [-0.05, 0) is 31.5 Å². The highest BCUT2D eigenvalue weighted by atomic mass is 16.3. The minimum atomic E-state index is -0.371. The van der Waals surface area contributed by atoms with E-state index < -0.39 is 0 Å². The van der Waals surface area contributed by atoms with Crippen molar-refractivity contribution in [1.29, 1.82) is 0 Å². The number of hydrogen-bond acceptors (Lipinski definition) is 4. The molecule has 2 rings (SSSR count). The zero-order valence-corrected chi connectivity index (χ0v) is 9.86. The highest BCUT2D eigenvalue weighted by Gasteiger charge is 2.39. The van der Waals surface area contributed by atoms with E-state index in [2.05, 4.69) is 15.6 Å². The lowest BCUT2D eigenvalue weighted by atomic mass is 9.83. The number of rotatable bonds is 3. The molecule has 3 N–H and O–H groups in total. The van der Waals surface area contributed by atoms with Gasteiger partial charge in [0.2, 0.25) is 5.91 Å². The lowest BCUT2D eigenvalue weighted by molar-refractivity contribution is -0.124. The number of nitrogens with one attached hydrogen (secondary N) is 2. The summed E-state index contributed by atoms with van der Waals surface area (Å²) in [6.45, 7) is 3.54. The predicted octanol–water partition coefficient (Wildman–Crippen LogP) is 1.12. The minimum absolute atomic E-state index is 0.00180. The highest BCUT2D eigenvalue weighted by molar-refractivity contribution is 5.95. The van der Waals surface area contributed by atoms with Gasteiger partial charge in [-0.25, -0.2) is 4.98 Å². The molecule has 5 nitrogen and oxygen atoms in total. The second-order valence-corrected chi connectivity index (χ2v) is 4.39. The first-order chi connectivity index (χ1) is 8.18. The zero-order chi connectivity index (χ0) is 12.3. The van der Waals surface area contributed by atoms with E-state index in [9.17, 15) is 9.90 Å². The van der Waals surface area contributed by atoms with Crippen molar-refractivity contribution < 1.29 is 9.90 Å². The van der Waals surface area contributed by atoms with E-state index in [1.165, 1.54) is 6.07 Å². The molecule has 1 fully saturated rings. The van der Waals surface area contributed by atoms with Crippen molar-refractivity contribution in [3.8, 4) is 5.75 Å². The molecular weight excluding hydrogens is 218 g/mol. The number of hydrogen-bond donors (Lipinski definition) is 3. The first-order valence-corrected chi connectivity index (χ1v) is 5.84. The molecule has 1 atom stereocenters. The largest absolute Gasteiger partial charge is 0.504 e. The molecule has 1 aliphatic rings. The summed E-state index contributed by atoms with van der Waals surface area (Å²) in [6, 6.07) is 3.13. The summed E-state index contributed by atoms with van der Waals surface area (Å²) in [7, 11) is 0. The van der Waals surface area contributed by atoms with Crippen molar-refractivity contribution in [2.45, 2.75) is 19.8 Å². The zero-order valence-electron chi connectivity index (χ0n) is 9.86. The lowest BCUT2D eigenvalue weighted by Gasteiger charge is -2.24. The summed E-state index contributed by atoms with van der Waals surface area (Å²) in [4.78, 5) is 16.2. The van der Waals surface area contributed by atoms with Crippen molar-refractivity contribution in [3.05, 3.63) is 18.3 Å². The second kappa shape index (κ2) is 4.71. The van der Waals surface area contributed by atoms with Gasteiger partial charge < -0.3 is 15.7 Å². The maximum atomic E-state index is 12.2. The average Bonchev–Trinajstić information content (AvgIpc) is 2.82. The standard InChI is InChI=1S/C12H17N3O2/c1-2-12(5-7-13-8-12)11(17)15-10-9(16)4-3-6-14-10/h3-4,6,13,16H,2,5,7-8H2,1H3,(H,14,15,17). The van der Waals surface area contributed by atoms with Crippen LogP contribution in [0.5, 0.6) is 5.75 Å². The van der Waals surface area contributed by atoms with E-state index in [1.54, 1.807) is 12.3 Å². The molecule has 0 radical (unpaired) electrons. The number of anilines is 1. The molecule has 1 aromatic heterocycles. The number of carbonyl (C=O) groups is 1. The van der Waals surface area contributed by atoms with Crippen molar-refractivity contribution in [2.24, 2.45) is 5.41 Å². The molecule has 1 aliphatic heterocycles. The van der Waals surface area contributed by atoms with Crippen LogP contribution in [0.3, 0.4) is 0 Å². The quantitative estimate of drug-likeness (QED) is 0.734. The first kappa shape index (κ1) is 11.9. The Labute approximate surface area is 100 Å². The van der Waals surface area contributed by atoms with Gasteiger partial charge in [-0.2, -0.15) is 0 Å². The van der Waals surface area contributed by atoms with E-state index in [1.807, 2.05) is 6.92 Å². The van der Waals surface area contributed by atoms with Crippen molar-refractivity contribution >= 4 is 11.7 Å². The summed E-state index contributed by atoms with van der Waals surface area (Å²) in [6.07, 6.45) is 3.14. The van der Waals surface area contributed by atoms with Crippen molar-refractivity contribution in [3.63, 3.8) is 0 Å². The molecule has 1 saturated heterocycles. The third-order valence-corrected chi connectivity index (χ3v) is 3.42. The fourth-order valence-corrected chi connectivity index (χ4v) is 2.13. The molecule has 0 saturated carbocycles. The molecule has 1 amide bonds. The summed E-state index contributed by atoms with van der Waals surface area (Å²) in [5, 5.41) is 15.5. The van der Waals surface area contributed by atoms with Gasteiger partial charge in [-0.1, -0.05) is 6.92 Å². The molecule has 2 heterocycles. The molecule has 1 unspecified atom stereocenters. The maximum absolute atomic E-state index is 12.2. The molecule has 0 bridgehead atoms. The summed E-state index contributed by atoms with van der Waals surface area (Å²) in [5.74, 6) is 0.161. The van der Waals surface area contributed by atoms with E-state index in [-0.39, 0.29) is 22.9 Å². The van der Waals surface area contributed by atoms with Crippen LogP contribution in [0, 0.1) is 5.41 Å². The van der Waals surface area contributed by atoms with Crippen LogP contribution < -0.4 is 10.6 Å². The Bertz CT molecular complexity index is 414. The summed E-state index contributed by atoms with van der Waals surface area (Å²) in [5.41, 5.74) is -0.371. The van der Waals surface area contributed by atoms with Crippen LogP contribution in [0.1, 0.15) is 19.8 Å². The Morgan fingerprint density at radius 3 is 3.12 bits per heavy atom. The number of nitrogens with zero attached hydrogens (tertiary/aromatic N) is 1. The van der Waals surface area contributed by atoms with Gasteiger partial charge in [0.25, 0.3) is 0 Å². The monoisotopic (exact) mass is 235 g/mol. The molecular formula is C12H17N3O2. The van der Waals surface area contributed by atoms with Gasteiger partial charge in [0.05, 0.1) is 5.41 Å². The van der Waals surface area contributed by atoms with E-state index in [4.69, 9.17) is 0 Å². The summed E-state index contributed by atoms with van der Waals surface area (Å²) >= 11 is 0. The van der Waals surface area contributed by atoms with Gasteiger partial charge >= 0.3 is 0 Å². The molecule has 17 heavy (non-hydrogen) atoms. The average molecular weight is 235 g/mol. The number of aromatic hydroxyl groups is 1.